The zero-order chi connectivity index (χ0) is 13.3. The minimum Gasteiger partial charge on any atom is -0.365 e. The molecule has 96 valence electrons. The van der Waals surface area contributed by atoms with Gasteiger partial charge in [-0.3, -0.25) is 0 Å². The van der Waals surface area contributed by atoms with Crippen LogP contribution in [0.15, 0.2) is 18.2 Å². The van der Waals surface area contributed by atoms with Crippen LogP contribution in [-0.2, 0) is 0 Å². The first kappa shape index (κ1) is 13.2. The molecule has 0 saturated carbocycles. The van der Waals surface area contributed by atoms with Crippen LogP contribution in [0.4, 0.5) is 5.69 Å². The fourth-order valence-corrected chi connectivity index (χ4v) is 2.90. The van der Waals surface area contributed by atoms with Crippen LogP contribution >= 0.6 is 11.6 Å². The molecule has 0 spiro atoms. The number of anilines is 1. The van der Waals surface area contributed by atoms with E-state index in [4.69, 9.17) is 16.9 Å². The molecule has 0 amide bonds. The van der Waals surface area contributed by atoms with E-state index in [0.717, 1.165) is 24.4 Å². The molecule has 1 unspecified atom stereocenters. The quantitative estimate of drug-likeness (QED) is 0.760. The number of hydrogen-bond donors (Lipinski definition) is 0. The molecule has 1 fully saturated rings. The van der Waals surface area contributed by atoms with Crippen molar-refractivity contribution in [3.05, 3.63) is 28.8 Å². The molecule has 1 aliphatic rings. The monoisotopic (exact) mass is 262 g/mol. The summed E-state index contributed by atoms with van der Waals surface area (Å²) in [6, 6.07) is 8.39. The molecule has 2 rings (SSSR count). The van der Waals surface area contributed by atoms with Gasteiger partial charge in [0, 0.05) is 22.8 Å². The Morgan fingerprint density at radius 1 is 1.44 bits per heavy atom. The summed E-state index contributed by atoms with van der Waals surface area (Å²) in [6.45, 7) is 7.38. The lowest BCUT2D eigenvalue weighted by Gasteiger charge is -2.46. The van der Waals surface area contributed by atoms with Crippen molar-refractivity contribution in [1.29, 1.82) is 5.26 Å². The van der Waals surface area contributed by atoms with E-state index in [1.165, 1.54) is 11.3 Å². The van der Waals surface area contributed by atoms with E-state index < -0.39 is 0 Å². The number of benzene rings is 1. The largest absolute Gasteiger partial charge is 0.365 e. The molecule has 1 aromatic rings. The van der Waals surface area contributed by atoms with Crippen LogP contribution < -0.4 is 4.90 Å². The molecule has 1 aromatic carbocycles. The SMILES string of the molecule is Cc1cc(Cl)ccc1N1CC(C#N)CCC1(C)C. The van der Waals surface area contributed by atoms with Gasteiger partial charge < -0.3 is 4.90 Å². The van der Waals surface area contributed by atoms with Crippen molar-refractivity contribution < 1.29 is 0 Å². The second-order valence-corrected chi connectivity index (χ2v) is 6.15. The molecule has 2 nitrogen and oxygen atoms in total. The number of hydrogen-bond acceptors (Lipinski definition) is 2. The molecule has 18 heavy (non-hydrogen) atoms. The second kappa shape index (κ2) is 4.82. The van der Waals surface area contributed by atoms with Crippen molar-refractivity contribution >= 4 is 17.3 Å². The third kappa shape index (κ3) is 2.47. The van der Waals surface area contributed by atoms with Crippen LogP contribution in [0.3, 0.4) is 0 Å². The third-order valence-electron chi connectivity index (χ3n) is 3.87. The molecule has 1 aliphatic heterocycles. The average Bonchev–Trinajstić information content (AvgIpc) is 2.30. The van der Waals surface area contributed by atoms with E-state index in [-0.39, 0.29) is 11.5 Å². The Hall–Kier alpha value is -1.20. The van der Waals surface area contributed by atoms with Crippen molar-refractivity contribution in [2.45, 2.75) is 39.2 Å². The van der Waals surface area contributed by atoms with Gasteiger partial charge in [-0.05, 0) is 57.4 Å². The van der Waals surface area contributed by atoms with Gasteiger partial charge in [0.05, 0.1) is 12.0 Å². The fourth-order valence-electron chi connectivity index (χ4n) is 2.67. The van der Waals surface area contributed by atoms with Gasteiger partial charge in [-0.2, -0.15) is 5.26 Å². The number of rotatable bonds is 1. The minimum absolute atomic E-state index is 0.103. The highest BCUT2D eigenvalue weighted by molar-refractivity contribution is 6.30. The predicted molar refractivity (Wildman–Crippen MR) is 76.0 cm³/mol. The Kier molecular flexibility index (Phi) is 3.54. The van der Waals surface area contributed by atoms with Crippen LogP contribution in [0.2, 0.25) is 5.02 Å². The number of nitrogens with zero attached hydrogens (tertiary/aromatic N) is 2. The summed E-state index contributed by atoms with van der Waals surface area (Å²) >= 11 is 6.01. The van der Waals surface area contributed by atoms with Crippen molar-refractivity contribution in [3.63, 3.8) is 0 Å². The molecule has 0 radical (unpaired) electrons. The fraction of sp³-hybridized carbons (Fsp3) is 0.533. The predicted octanol–water partition coefficient (Wildman–Crippen LogP) is 4.17. The lowest BCUT2D eigenvalue weighted by molar-refractivity contribution is 0.325. The molecular formula is C15H19ClN2. The number of aryl methyl sites for hydroxylation is 1. The molecular weight excluding hydrogens is 244 g/mol. The zero-order valence-corrected chi connectivity index (χ0v) is 12.0. The van der Waals surface area contributed by atoms with E-state index >= 15 is 0 Å². The highest BCUT2D eigenvalue weighted by Crippen LogP contribution is 2.36. The molecule has 1 heterocycles. The summed E-state index contributed by atoms with van der Waals surface area (Å²) in [7, 11) is 0. The molecule has 1 saturated heterocycles. The topological polar surface area (TPSA) is 27.0 Å². The molecule has 0 aliphatic carbocycles. The van der Waals surface area contributed by atoms with Crippen LogP contribution in [0, 0.1) is 24.2 Å². The molecule has 0 N–H and O–H groups in total. The van der Waals surface area contributed by atoms with E-state index in [1.807, 2.05) is 12.1 Å². The zero-order valence-electron chi connectivity index (χ0n) is 11.2. The van der Waals surface area contributed by atoms with Gasteiger partial charge in [0.1, 0.15) is 0 Å². The van der Waals surface area contributed by atoms with Crippen LogP contribution in [0.1, 0.15) is 32.3 Å². The Morgan fingerprint density at radius 2 is 2.17 bits per heavy atom. The molecule has 0 aromatic heterocycles. The summed E-state index contributed by atoms with van der Waals surface area (Å²) in [5.41, 5.74) is 2.48. The summed E-state index contributed by atoms with van der Waals surface area (Å²) < 4.78 is 0. The Morgan fingerprint density at radius 3 is 2.78 bits per heavy atom. The maximum atomic E-state index is 9.14. The van der Waals surface area contributed by atoms with Gasteiger partial charge in [-0.25, -0.2) is 0 Å². The molecule has 1 atom stereocenters. The third-order valence-corrected chi connectivity index (χ3v) is 4.11. The van der Waals surface area contributed by atoms with Crippen molar-refractivity contribution in [2.24, 2.45) is 5.92 Å². The lowest BCUT2D eigenvalue weighted by Crippen LogP contribution is -2.50. The summed E-state index contributed by atoms with van der Waals surface area (Å²) in [4.78, 5) is 2.36. The van der Waals surface area contributed by atoms with E-state index in [2.05, 4.69) is 37.8 Å². The van der Waals surface area contributed by atoms with Gasteiger partial charge >= 0.3 is 0 Å². The van der Waals surface area contributed by atoms with Crippen LogP contribution in [0.25, 0.3) is 0 Å². The normalized spacial score (nSPS) is 22.6. The first-order valence-corrected chi connectivity index (χ1v) is 6.75. The van der Waals surface area contributed by atoms with Gasteiger partial charge in [0.25, 0.3) is 0 Å². The maximum Gasteiger partial charge on any atom is 0.0674 e. The van der Waals surface area contributed by atoms with Crippen LogP contribution in [-0.4, -0.2) is 12.1 Å². The molecule has 3 heteroatoms. The minimum atomic E-state index is 0.103. The maximum absolute atomic E-state index is 9.14. The highest BCUT2D eigenvalue weighted by atomic mass is 35.5. The standard InChI is InChI=1S/C15H19ClN2/c1-11-8-13(16)4-5-14(11)18-10-12(9-17)6-7-15(18,2)3/h4-5,8,12H,6-7,10H2,1-3H3. The van der Waals surface area contributed by atoms with E-state index in [9.17, 15) is 0 Å². The summed E-state index contributed by atoms with van der Waals surface area (Å²) in [5.74, 6) is 0.133. The first-order valence-electron chi connectivity index (χ1n) is 6.37. The van der Waals surface area contributed by atoms with Gasteiger partial charge in [0.15, 0.2) is 0 Å². The van der Waals surface area contributed by atoms with Gasteiger partial charge in [-0.15, -0.1) is 0 Å². The summed E-state index contributed by atoms with van der Waals surface area (Å²) in [5, 5.41) is 9.91. The average molecular weight is 263 g/mol. The Balaban J connectivity index is 2.37. The van der Waals surface area contributed by atoms with Crippen LogP contribution in [0.5, 0.6) is 0 Å². The Bertz CT molecular complexity index is 488. The van der Waals surface area contributed by atoms with E-state index in [1.54, 1.807) is 0 Å². The summed E-state index contributed by atoms with van der Waals surface area (Å²) in [6.07, 6.45) is 2.04. The smallest absolute Gasteiger partial charge is 0.0674 e. The van der Waals surface area contributed by atoms with Gasteiger partial charge in [-0.1, -0.05) is 11.6 Å². The second-order valence-electron chi connectivity index (χ2n) is 5.72. The van der Waals surface area contributed by atoms with Crippen molar-refractivity contribution in [3.8, 4) is 6.07 Å². The highest BCUT2D eigenvalue weighted by Gasteiger charge is 2.34. The van der Waals surface area contributed by atoms with E-state index in [0.29, 0.717) is 0 Å². The van der Waals surface area contributed by atoms with Crippen molar-refractivity contribution in [1.82, 2.24) is 0 Å². The lowest BCUT2D eigenvalue weighted by atomic mass is 9.84. The first-order chi connectivity index (χ1) is 8.44. The number of piperidine rings is 1. The number of halogens is 1. The van der Waals surface area contributed by atoms with Crippen molar-refractivity contribution in [2.75, 3.05) is 11.4 Å². The Labute approximate surface area is 114 Å². The number of nitriles is 1. The van der Waals surface area contributed by atoms with Gasteiger partial charge in [0.2, 0.25) is 0 Å². The molecule has 0 bridgehead atoms.